The molecule has 0 aliphatic carbocycles. The standard InChI is InChI=1S/C14H14N2S/c1-10(2)7-14-16-13(9-17-14)12-5-3-11(8-15)4-6-12/h3-6,9-10H,7H2,1-2H3. The average molecular weight is 242 g/mol. The van der Waals surface area contributed by atoms with E-state index in [9.17, 15) is 0 Å². The van der Waals surface area contributed by atoms with Crippen molar-refractivity contribution in [1.82, 2.24) is 4.98 Å². The Morgan fingerprint density at radius 1 is 1.29 bits per heavy atom. The highest BCUT2D eigenvalue weighted by Gasteiger charge is 2.06. The lowest BCUT2D eigenvalue weighted by atomic mass is 10.1. The van der Waals surface area contributed by atoms with Gasteiger partial charge >= 0.3 is 0 Å². The molecule has 0 N–H and O–H groups in total. The van der Waals surface area contributed by atoms with Crippen LogP contribution < -0.4 is 0 Å². The highest BCUT2D eigenvalue weighted by molar-refractivity contribution is 7.09. The van der Waals surface area contributed by atoms with Gasteiger partial charge in [0.2, 0.25) is 0 Å². The van der Waals surface area contributed by atoms with Gasteiger partial charge in [-0.2, -0.15) is 5.26 Å². The molecule has 0 aliphatic heterocycles. The first kappa shape index (κ1) is 11.8. The average Bonchev–Trinajstić information content (AvgIpc) is 2.77. The molecular formula is C14H14N2S. The number of aromatic nitrogens is 1. The van der Waals surface area contributed by atoms with Crippen LogP contribution in [0.25, 0.3) is 11.3 Å². The number of hydrogen-bond donors (Lipinski definition) is 0. The van der Waals surface area contributed by atoms with Gasteiger partial charge in [-0.25, -0.2) is 4.98 Å². The molecule has 1 heterocycles. The molecule has 17 heavy (non-hydrogen) atoms. The van der Waals surface area contributed by atoms with Crippen LogP contribution in [0.15, 0.2) is 29.6 Å². The van der Waals surface area contributed by atoms with Gasteiger partial charge in [0.1, 0.15) is 0 Å². The molecule has 0 spiro atoms. The van der Waals surface area contributed by atoms with E-state index in [1.807, 2.05) is 24.3 Å². The van der Waals surface area contributed by atoms with Crippen LogP contribution in [0, 0.1) is 17.2 Å². The third-order valence-electron chi connectivity index (χ3n) is 2.44. The smallest absolute Gasteiger partial charge is 0.0991 e. The van der Waals surface area contributed by atoms with E-state index in [4.69, 9.17) is 5.26 Å². The van der Waals surface area contributed by atoms with E-state index < -0.39 is 0 Å². The van der Waals surface area contributed by atoms with Crippen molar-refractivity contribution in [2.24, 2.45) is 5.92 Å². The summed E-state index contributed by atoms with van der Waals surface area (Å²) in [6, 6.07) is 9.68. The van der Waals surface area contributed by atoms with Gasteiger partial charge in [-0.1, -0.05) is 26.0 Å². The molecule has 0 unspecified atom stereocenters. The molecule has 0 saturated heterocycles. The fraction of sp³-hybridized carbons (Fsp3) is 0.286. The summed E-state index contributed by atoms with van der Waals surface area (Å²) >= 11 is 1.71. The fourth-order valence-corrected chi connectivity index (χ4v) is 2.62. The maximum Gasteiger partial charge on any atom is 0.0991 e. The van der Waals surface area contributed by atoms with Gasteiger partial charge in [-0.3, -0.25) is 0 Å². The first-order chi connectivity index (χ1) is 8.19. The molecule has 86 valence electrons. The summed E-state index contributed by atoms with van der Waals surface area (Å²) in [6.45, 7) is 4.39. The minimum Gasteiger partial charge on any atom is -0.241 e. The van der Waals surface area contributed by atoms with Gasteiger partial charge in [0, 0.05) is 17.4 Å². The van der Waals surface area contributed by atoms with E-state index in [1.165, 1.54) is 5.01 Å². The Morgan fingerprint density at radius 3 is 2.59 bits per heavy atom. The molecule has 0 atom stereocenters. The topological polar surface area (TPSA) is 36.7 Å². The Bertz CT molecular complexity index is 532. The summed E-state index contributed by atoms with van der Waals surface area (Å²) in [4.78, 5) is 4.61. The highest BCUT2D eigenvalue weighted by atomic mass is 32.1. The molecule has 0 amide bonds. The van der Waals surface area contributed by atoms with Gasteiger partial charge in [0.05, 0.1) is 22.3 Å². The summed E-state index contributed by atoms with van der Waals surface area (Å²) in [5.74, 6) is 0.634. The third kappa shape index (κ3) is 2.92. The molecule has 2 rings (SSSR count). The van der Waals surface area contributed by atoms with Crippen molar-refractivity contribution < 1.29 is 0 Å². The number of thiazole rings is 1. The van der Waals surface area contributed by atoms with Crippen molar-refractivity contribution in [3.8, 4) is 17.3 Å². The number of benzene rings is 1. The summed E-state index contributed by atoms with van der Waals surface area (Å²) in [5.41, 5.74) is 2.77. The van der Waals surface area contributed by atoms with E-state index in [0.717, 1.165) is 17.7 Å². The maximum atomic E-state index is 8.74. The van der Waals surface area contributed by atoms with E-state index in [0.29, 0.717) is 11.5 Å². The van der Waals surface area contributed by atoms with Crippen LogP contribution in [0.2, 0.25) is 0 Å². The van der Waals surface area contributed by atoms with Crippen LogP contribution in [0.5, 0.6) is 0 Å². The van der Waals surface area contributed by atoms with Crippen LogP contribution in [0.4, 0.5) is 0 Å². The zero-order valence-electron chi connectivity index (χ0n) is 9.97. The monoisotopic (exact) mass is 242 g/mol. The Kier molecular flexibility index (Phi) is 3.55. The van der Waals surface area contributed by atoms with Crippen molar-refractivity contribution >= 4 is 11.3 Å². The molecule has 1 aromatic heterocycles. The Hall–Kier alpha value is -1.66. The van der Waals surface area contributed by atoms with E-state index in [1.54, 1.807) is 11.3 Å². The Morgan fingerprint density at radius 2 is 2.00 bits per heavy atom. The van der Waals surface area contributed by atoms with Crippen LogP contribution in [-0.4, -0.2) is 4.98 Å². The minimum atomic E-state index is 0.634. The lowest BCUT2D eigenvalue weighted by molar-refractivity contribution is 0.645. The first-order valence-electron chi connectivity index (χ1n) is 5.64. The van der Waals surface area contributed by atoms with Gasteiger partial charge in [0.25, 0.3) is 0 Å². The molecule has 0 aliphatic rings. The summed E-state index contributed by atoms with van der Waals surface area (Å²) < 4.78 is 0. The summed E-state index contributed by atoms with van der Waals surface area (Å²) in [7, 11) is 0. The quantitative estimate of drug-likeness (QED) is 0.819. The molecule has 3 heteroatoms. The van der Waals surface area contributed by atoms with Gasteiger partial charge in [-0.05, 0) is 18.1 Å². The second-order valence-electron chi connectivity index (χ2n) is 4.41. The molecule has 2 aromatic rings. The van der Waals surface area contributed by atoms with Gasteiger partial charge < -0.3 is 0 Å². The van der Waals surface area contributed by atoms with Gasteiger partial charge in [0.15, 0.2) is 0 Å². The van der Waals surface area contributed by atoms with Crippen molar-refractivity contribution in [2.45, 2.75) is 20.3 Å². The lowest BCUT2D eigenvalue weighted by Crippen LogP contribution is -1.92. The predicted molar refractivity (Wildman–Crippen MR) is 70.8 cm³/mol. The second kappa shape index (κ2) is 5.11. The van der Waals surface area contributed by atoms with E-state index in [-0.39, 0.29) is 0 Å². The van der Waals surface area contributed by atoms with Crippen molar-refractivity contribution in [3.63, 3.8) is 0 Å². The maximum absolute atomic E-state index is 8.74. The van der Waals surface area contributed by atoms with Gasteiger partial charge in [-0.15, -0.1) is 11.3 Å². The van der Waals surface area contributed by atoms with Crippen LogP contribution >= 0.6 is 11.3 Å². The van der Waals surface area contributed by atoms with Crippen LogP contribution in [0.1, 0.15) is 24.4 Å². The van der Waals surface area contributed by atoms with E-state index >= 15 is 0 Å². The summed E-state index contributed by atoms with van der Waals surface area (Å²) in [6.07, 6.45) is 1.03. The first-order valence-corrected chi connectivity index (χ1v) is 6.52. The molecule has 2 nitrogen and oxygen atoms in total. The number of hydrogen-bond acceptors (Lipinski definition) is 3. The van der Waals surface area contributed by atoms with Crippen LogP contribution in [-0.2, 0) is 6.42 Å². The molecule has 0 fully saturated rings. The van der Waals surface area contributed by atoms with Crippen molar-refractivity contribution in [3.05, 3.63) is 40.2 Å². The molecule has 0 saturated carbocycles. The molecule has 0 bridgehead atoms. The molecule has 1 aromatic carbocycles. The number of nitrogens with zero attached hydrogens (tertiary/aromatic N) is 2. The lowest BCUT2D eigenvalue weighted by Gasteiger charge is -1.99. The number of rotatable bonds is 3. The summed E-state index contributed by atoms with van der Waals surface area (Å²) in [5, 5.41) is 12.0. The SMILES string of the molecule is CC(C)Cc1nc(-c2ccc(C#N)cc2)cs1. The fourth-order valence-electron chi connectivity index (χ4n) is 1.60. The zero-order chi connectivity index (χ0) is 12.3. The Balaban J connectivity index is 2.22. The third-order valence-corrected chi connectivity index (χ3v) is 3.32. The largest absolute Gasteiger partial charge is 0.241 e. The van der Waals surface area contributed by atoms with E-state index in [2.05, 4.69) is 30.3 Å². The normalized spacial score (nSPS) is 10.5. The highest BCUT2D eigenvalue weighted by Crippen LogP contribution is 2.23. The second-order valence-corrected chi connectivity index (χ2v) is 5.36. The predicted octanol–water partition coefficient (Wildman–Crippen LogP) is 3.88. The number of nitriles is 1. The Labute approximate surface area is 106 Å². The van der Waals surface area contributed by atoms with Crippen molar-refractivity contribution in [1.29, 1.82) is 5.26 Å². The zero-order valence-corrected chi connectivity index (χ0v) is 10.8. The molecular weight excluding hydrogens is 228 g/mol. The van der Waals surface area contributed by atoms with Crippen molar-refractivity contribution in [2.75, 3.05) is 0 Å². The molecule has 0 radical (unpaired) electrons. The van der Waals surface area contributed by atoms with Crippen LogP contribution in [0.3, 0.4) is 0 Å². The minimum absolute atomic E-state index is 0.634.